The van der Waals surface area contributed by atoms with E-state index in [1.54, 1.807) is 0 Å². The van der Waals surface area contributed by atoms with Crippen LogP contribution in [0, 0.1) is 0 Å². The van der Waals surface area contributed by atoms with Crippen molar-refractivity contribution < 1.29 is 19.5 Å². The first-order valence-corrected chi connectivity index (χ1v) is 5.61. The summed E-state index contributed by atoms with van der Waals surface area (Å²) in [6.45, 7) is 0. The number of carbonyl (C=O) groups excluding carboxylic acids is 2. The lowest BCUT2D eigenvalue weighted by Gasteiger charge is -2.14. The number of pyridine rings is 1. The van der Waals surface area contributed by atoms with Crippen LogP contribution in [0.25, 0.3) is 0 Å². The molecule has 100 valence electrons. The first-order chi connectivity index (χ1) is 9.52. The highest BCUT2D eigenvalue weighted by molar-refractivity contribution is 6.34. The second-order valence-corrected chi connectivity index (χ2v) is 4.16. The van der Waals surface area contributed by atoms with Gasteiger partial charge in [-0.25, -0.2) is 9.69 Å². The Labute approximate surface area is 112 Å². The third-order valence-corrected chi connectivity index (χ3v) is 3.00. The monoisotopic (exact) mass is 272 g/mol. The van der Waals surface area contributed by atoms with E-state index in [0.29, 0.717) is 0 Å². The number of imide groups is 1. The zero-order valence-corrected chi connectivity index (χ0v) is 10.3. The number of aromatic carboxylic acids is 1. The molecule has 0 spiro atoms. The molecule has 0 atom stereocenters. The fourth-order valence-electron chi connectivity index (χ4n) is 2.11. The lowest BCUT2D eigenvalue weighted by Crippen LogP contribution is -2.32. The van der Waals surface area contributed by atoms with Crippen LogP contribution < -0.4 is 4.90 Å². The number of hydrogen-bond acceptors (Lipinski definition) is 5. The zero-order chi connectivity index (χ0) is 14.4. The average Bonchev–Trinajstić information content (AvgIpc) is 2.91. The van der Waals surface area contributed by atoms with Gasteiger partial charge < -0.3 is 5.11 Å². The van der Waals surface area contributed by atoms with Crippen molar-refractivity contribution in [1.29, 1.82) is 0 Å². The molecule has 0 radical (unpaired) electrons. The predicted octanol–water partition coefficient (Wildman–Crippen LogP) is 0.314. The van der Waals surface area contributed by atoms with Gasteiger partial charge in [-0.05, 0) is 12.1 Å². The molecule has 2 amide bonds. The van der Waals surface area contributed by atoms with E-state index in [4.69, 9.17) is 5.11 Å². The molecule has 3 heterocycles. The summed E-state index contributed by atoms with van der Waals surface area (Å²) >= 11 is 0. The van der Waals surface area contributed by atoms with Crippen molar-refractivity contribution in [3.05, 3.63) is 41.3 Å². The number of carbonyl (C=O) groups is 3. The van der Waals surface area contributed by atoms with Crippen LogP contribution in [0.3, 0.4) is 0 Å². The number of nitrogens with zero attached hydrogens (tertiary/aromatic N) is 4. The number of anilines is 1. The Morgan fingerprint density at radius 3 is 2.70 bits per heavy atom. The summed E-state index contributed by atoms with van der Waals surface area (Å²) < 4.78 is 1.17. The Bertz CT molecular complexity index is 730. The minimum absolute atomic E-state index is 0.00930. The second-order valence-electron chi connectivity index (χ2n) is 4.16. The fraction of sp³-hybridized carbons (Fsp3) is 0.0833. The molecule has 3 rings (SSSR count). The highest BCUT2D eigenvalue weighted by Crippen LogP contribution is 2.29. The molecule has 0 aliphatic carbocycles. The Hall–Kier alpha value is -3.03. The molecule has 0 saturated carbocycles. The summed E-state index contributed by atoms with van der Waals surface area (Å²) in [6.07, 6.45) is 2.49. The fourth-order valence-corrected chi connectivity index (χ4v) is 2.11. The van der Waals surface area contributed by atoms with Crippen LogP contribution in [-0.4, -0.2) is 37.7 Å². The lowest BCUT2D eigenvalue weighted by atomic mass is 10.2. The molecular weight excluding hydrogens is 264 g/mol. The second kappa shape index (κ2) is 3.98. The highest BCUT2D eigenvalue weighted by atomic mass is 16.4. The predicted molar refractivity (Wildman–Crippen MR) is 65.5 cm³/mol. The number of aromatic nitrogens is 3. The number of carboxylic acid groups (broad SMARTS) is 1. The van der Waals surface area contributed by atoms with Gasteiger partial charge in [0.15, 0.2) is 5.82 Å². The molecule has 8 heteroatoms. The standard InChI is InChI=1S/C12H8N4O4/c1-15-9(7(5-14-15)12(19)20)16-10(17)6-3-2-4-13-8(6)11(16)18/h2-5H,1H3,(H,19,20). The van der Waals surface area contributed by atoms with E-state index in [1.165, 1.54) is 30.1 Å². The van der Waals surface area contributed by atoms with E-state index in [9.17, 15) is 14.4 Å². The van der Waals surface area contributed by atoms with Crippen LogP contribution in [0.4, 0.5) is 5.82 Å². The first-order valence-electron chi connectivity index (χ1n) is 5.61. The average molecular weight is 272 g/mol. The third-order valence-electron chi connectivity index (χ3n) is 3.00. The van der Waals surface area contributed by atoms with Crippen LogP contribution in [0.15, 0.2) is 24.5 Å². The van der Waals surface area contributed by atoms with Crippen molar-refractivity contribution in [2.75, 3.05) is 4.90 Å². The molecule has 8 nitrogen and oxygen atoms in total. The molecule has 1 aliphatic heterocycles. The maximum atomic E-state index is 12.3. The molecule has 1 N–H and O–H groups in total. The van der Waals surface area contributed by atoms with Gasteiger partial charge in [0.2, 0.25) is 0 Å². The van der Waals surface area contributed by atoms with Gasteiger partial charge in [-0.2, -0.15) is 5.10 Å². The molecular formula is C12H8N4O4. The number of amides is 2. The van der Waals surface area contributed by atoms with Crippen molar-refractivity contribution in [3.8, 4) is 0 Å². The van der Waals surface area contributed by atoms with Gasteiger partial charge >= 0.3 is 5.97 Å². The van der Waals surface area contributed by atoms with Gasteiger partial charge in [-0.15, -0.1) is 0 Å². The van der Waals surface area contributed by atoms with Crippen molar-refractivity contribution >= 4 is 23.6 Å². The zero-order valence-electron chi connectivity index (χ0n) is 10.3. The van der Waals surface area contributed by atoms with Crippen molar-refractivity contribution in [2.45, 2.75) is 0 Å². The highest BCUT2D eigenvalue weighted by Gasteiger charge is 2.41. The van der Waals surface area contributed by atoms with Gasteiger partial charge in [0.25, 0.3) is 11.8 Å². The Balaban J connectivity index is 2.19. The maximum Gasteiger partial charge on any atom is 0.341 e. The Morgan fingerprint density at radius 1 is 1.30 bits per heavy atom. The van der Waals surface area contributed by atoms with Crippen LogP contribution in [0.5, 0.6) is 0 Å². The van der Waals surface area contributed by atoms with Crippen LogP contribution in [0.2, 0.25) is 0 Å². The number of hydrogen-bond donors (Lipinski definition) is 1. The Kier molecular flexibility index (Phi) is 2.40. The molecule has 0 bridgehead atoms. The number of rotatable bonds is 2. The quantitative estimate of drug-likeness (QED) is 0.789. The molecule has 2 aromatic rings. The first kappa shape index (κ1) is 12.0. The third kappa shape index (κ3) is 1.44. The van der Waals surface area contributed by atoms with Crippen molar-refractivity contribution in [1.82, 2.24) is 14.8 Å². The summed E-state index contributed by atoms with van der Waals surface area (Å²) in [5.74, 6) is -2.61. The van der Waals surface area contributed by atoms with E-state index >= 15 is 0 Å². The molecule has 0 fully saturated rings. The normalized spacial score (nSPS) is 13.8. The number of fused-ring (bicyclic) bond motifs is 1. The summed E-state index contributed by atoms with van der Waals surface area (Å²) in [5.41, 5.74) is -0.0629. The van der Waals surface area contributed by atoms with E-state index in [0.717, 1.165) is 11.1 Å². The van der Waals surface area contributed by atoms with Gasteiger partial charge in [0.05, 0.1) is 11.8 Å². The summed E-state index contributed by atoms with van der Waals surface area (Å²) in [4.78, 5) is 40.3. The van der Waals surface area contributed by atoms with Crippen LogP contribution in [-0.2, 0) is 7.05 Å². The van der Waals surface area contributed by atoms with E-state index in [2.05, 4.69) is 10.1 Å². The molecule has 0 saturated heterocycles. The van der Waals surface area contributed by atoms with Gasteiger partial charge in [0.1, 0.15) is 11.3 Å². The SMILES string of the molecule is Cn1ncc(C(=O)O)c1N1C(=O)c2cccnc2C1=O. The number of aryl methyl sites for hydroxylation is 1. The summed E-state index contributed by atoms with van der Waals surface area (Å²) in [5, 5.41) is 12.9. The smallest absolute Gasteiger partial charge is 0.341 e. The van der Waals surface area contributed by atoms with Gasteiger partial charge in [0, 0.05) is 13.2 Å². The Morgan fingerprint density at radius 2 is 2.05 bits per heavy atom. The minimum atomic E-state index is -1.27. The number of carboxylic acids is 1. The summed E-state index contributed by atoms with van der Waals surface area (Å²) in [7, 11) is 1.46. The lowest BCUT2D eigenvalue weighted by molar-refractivity contribution is 0.0698. The molecule has 20 heavy (non-hydrogen) atoms. The molecule has 2 aromatic heterocycles. The summed E-state index contributed by atoms with van der Waals surface area (Å²) in [6, 6.07) is 3.01. The van der Waals surface area contributed by atoms with Crippen molar-refractivity contribution in [2.24, 2.45) is 7.05 Å². The maximum absolute atomic E-state index is 12.3. The van der Waals surface area contributed by atoms with E-state index in [-0.39, 0.29) is 22.6 Å². The van der Waals surface area contributed by atoms with Crippen molar-refractivity contribution in [3.63, 3.8) is 0 Å². The topological polar surface area (TPSA) is 105 Å². The minimum Gasteiger partial charge on any atom is -0.477 e. The van der Waals surface area contributed by atoms with E-state index < -0.39 is 17.8 Å². The van der Waals surface area contributed by atoms with Gasteiger partial charge in [-0.3, -0.25) is 19.3 Å². The molecule has 0 unspecified atom stereocenters. The van der Waals surface area contributed by atoms with Gasteiger partial charge in [-0.1, -0.05) is 0 Å². The largest absolute Gasteiger partial charge is 0.477 e. The molecule has 1 aliphatic rings. The van der Waals surface area contributed by atoms with Crippen LogP contribution >= 0.6 is 0 Å². The van der Waals surface area contributed by atoms with Crippen LogP contribution in [0.1, 0.15) is 31.2 Å². The van der Waals surface area contributed by atoms with E-state index in [1.807, 2.05) is 0 Å². The molecule has 0 aromatic carbocycles.